The standard InChI is InChI=1S/C27H23ClF2N6O2/c28-19-9-8-16(25-20(29)7-4-11-32-25)13-18(19)26(37)34-24-14-23(35-36(24)17-5-2-1-3-6-17)27(38)33-22-10-12-31-15-21(22)30/h1-9,11,13-14,21-22,31H,10,12,15H2,(H,33,38)(H,34,37). The molecule has 194 valence electrons. The summed E-state index contributed by atoms with van der Waals surface area (Å²) in [5.74, 6) is -1.50. The van der Waals surface area contributed by atoms with E-state index in [0.29, 0.717) is 24.2 Å². The summed E-state index contributed by atoms with van der Waals surface area (Å²) in [7, 11) is 0. The number of aromatic nitrogens is 3. The van der Waals surface area contributed by atoms with Gasteiger partial charge in [-0.05, 0) is 49.4 Å². The highest BCUT2D eigenvalue weighted by Gasteiger charge is 2.28. The number of hydrogen-bond donors (Lipinski definition) is 3. The van der Waals surface area contributed by atoms with Gasteiger partial charge in [-0.3, -0.25) is 14.6 Å². The number of carbonyl (C=O) groups is 2. The smallest absolute Gasteiger partial charge is 0.272 e. The van der Waals surface area contributed by atoms with Crippen molar-refractivity contribution in [3.63, 3.8) is 0 Å². The largest absolute Gasteiger partial charge is 0.345 e. The van der Waals surface area contributed by atoms with Crippen LogP contribution < -0.4 is 16.0 Å². The summed E-state index contributed by atoms with van der Waals surface area (Å²) < 4.78 is 29.9. The van der Waals surface area contributed by atoms with Crippen LogP contribution in [0.5, 0.6) is 0 Å². The van der Waals surface area contributed by atoms with E-state index in [1.807, 2.05) is 6.07 Å². The Morgan fingerprint density at radius 2 is 1.87 bits per heavy atom. The summed E-state index contributed by atoms with van der Waals surface area (Å²) in [4.78, 5) is 30.3. The molecule has 1 fully saturated rings. The van der Waals surface area contributed by atoms with Crippen molar-refractivity contribution in [2.24, 2.45) is 0 Å². The molecule has 0 bridgehead atoms. The molecule has 8 nitrogen and oxygen atoms in total. The normalized spacial score (nSPS) is 17.1. The number of halogens is 3. The maximum Gasteiger partial charge on any atom is 0.272 e. The molecule has 0 radical (unpaired) electrons. The Bertz CT molecular complexity index is 1480. The number of amides is 2. The van der Waals surface area contributed by atoms with Crippen molar-refractivity contribution >= 4 is 29.2 Å². The highest BCUT2D eigenvalue weighted by molar-refractivity contribution is 6.34. The van der Waals surface area contributed by atoms with E-state index in [1.165, 1.54) is 41.2 Å². The van der Waals surface area contributed by atoms with Crippen molar-refractivity contribution in [2.75, 3.05) is 18.4 Å². The minimum atomic E-state index is -1.22. The second kappa shape index (κ2) is 11.1. The zero-order valence-electron chi connectivity index (χ0n) is 20.0. The lowest BCUT2D eigenvalue weighted by atomic mass is 10.0. The molecule has 2 aromatic heterocycles. The van der Waals surface area contributed by atoms with E-state index in [1.54, 1.807) is 30.3 Å². The SMILES string of the molecule is O=C(NC1CCNCC1F)c1cc(NC(=O)c2cc(-c3ncccc3F)ccc2Cl)n(-c2ccccc2)n1. The van der Waals surface area contributed by atoms with Crippen molar-refractivity contribution in [1.82, 2.24) is 25.4 Å². The van der Waals surface area contributed by atoms with Gasteiger partial charge in [-0.1, -0.05) is 35.9 Å². The lowest BCUT2D eigenvalue weighted by Crippen LogP contribution is -2.50. The van der Waals surface area contributed by atoms with E-state index in [-0.39, 0.29) is 34.3 Å². The van der Waals surface area contributed by atoms with Gasteiger partial charge in [0.2, 0.25) is 0 Å². The number of alkyl halides is 1. The van der Waals surface area contributed by atoms with Crippen molar-refractivity contribution < 1.29 is 18.4 Å². The lowest BCUT2D eigenvalue weighted by Gasteiger charge is -2.27. The van der Waals surface area contributed by atoms with Crippen molar-refractivity contribution in [3.05, 3.63) is 95.0 Å². The maximum absolute atomic E-state index is 14.3. The van der Waals surface area contributed by atoms with Crippen molar-refractivity contribution in [2.45, 2.75) is 18.6 Å². The summed E-state index contributed by atoms with van der Waals surface area (Å²) in [6.07, 6.45) is 0.676. The Labute approximate surface area is 222 Å². The lowest BCUT2D eigenvalue weighted by molar-refractivity contribution is 0.0886. The topological polar surface area (TPSA) is 101 Å². The third-order valence-electron chi connectivity index (χ3n) is 6.15. The Morgan fingerprint density at radius 3 is 2.63 bits per heavy atom. The van der Waals surface area contributed by atoms with Gasteiger partial charge in [0.05, 0.1) is 22.3 Å². The van der Waals surface area contributed by atoms with Crippen LogP contribution in [0, 0.1) is 5.82 Å². The number of nitrogens with zero attached hydrogens (tertiary/aromatic N) is 3. The first-order valence-corrected chi connectivity index (χ1v) is 12.3. The van der Waals surface area contributed by atoms with E-state index < -0.39 is 29.8 Å². The molecule has 38 heavy (non-hydrogen) atoms. The molecule has 1 aliphatic heterocycles. The Kier molecular flexibility index (Phi) is 7.43. The van der Waals surface area contributed by atoms with Gasteiger partial charge in [0, 0.05) is 24.4 Å². The zero-order valence-corrected chi connectivity index (χ0v) is 20.8. The molecule has 11 heteroatoms. The molecular weight excluding hydrogens is 514 g/mol. The average Bonchev–Trinajstić information content (AvgIpc) is 3.35. The van der Waals surface area contributed by atoms with Crippen LogP contribution in [0.3, 0.4) is 0 Å². The number of benzene rings is 2. The van der Waals surface area contributed by atoms with E-state index in [2.05, 4.69) is 26.0 Å². The van der Waals surface area contributed by atoms with E-state index in [0.717, 1.165) is 0 Å². The van der Waals surface area contributed by atoms with Crippen LogP contribution in [-0.2, 0) is 0 Å². The zero-order chi connectivity index (χ0) is 26.6. The molecular formula is C27H23ClF2N6O2. The molecule has 3 N–H and O–H groups in total. The molecule has 1 saturated heterocycles. The van der Waals surface area contributed by atoms with E-state index in [4.69, 9.17) is 11.6 Å². The van der Waals surface area contributed by atoms with Gasteiger partial charge >= 0.3 is 0 Å². The Balaban J connectivity index is 1.45. The van der Waals surface area contributed by atoms with E-state index >= 15 is 0 Å². The molecule has 3 heterocycles. The fraction of sp³-hybridized carbons (Fsp3) is 0.185. The Morgan fingerprint density at radius 1 is 1.05 bits per heavy atom. The number of hydrogen-bond acceptors (Lipinski definition) is 5. The number of piperidine rings is 1. The number of pyridine rings is 1. The minimum Gasteiger partial charge on any atom is -0.345 e. The molecule has 5 rings (SSSR count). The van der Waals surface area contributed by atoms with Crippen molar-refractivity contribution in [3.8, 4) is 16.9 Å². The second-order valence-corrected chi connectivity index (χ2v) is 9.14. The second-order valence-electron chi connectivity index (χ2n) is 8.73. The van der Waals surface area contributed by atoms with Crippen molar-refractivity contribution in [1.29, 1.82) is 0 Å². The monoisotopic (exact) mass is 536 g/mol. The third-order valence-corrected chi connectivity index (χ3v) is 6.48. The summed E-state index contributed by atoms with van der Waals surface area (Å²) in [6.45, 7) is 0.750. The van der Waals surface area contributed by atoms with Crippen LogP contribution in [0.4, 0.5) is 14.6 Å². The van der Waals surface area contributed by atoms with Gasteiger partial charge in [0.1, 0.15) is 23.5 Å². The fourth-order valence-electron chi connectivity index (χ4n) is 4.20. The summed E-state index contributed by atoms with van der Waals surface area (Å²) >= 11 is 6.32. The van der Waals surface area contributed by atoms with Gasteiger partial charge in [0.25, 0.3) is 11.8 Å². The molecule has 0 aliphatic carbocycles. The molecule has 1 aliphatic rings. The molecule has 2 aromatic carbocycles. The number of rotatable bonds is 6. The van der Waals surface area contributed by atoms with Crippen LogP contribution >= 0.6 is 11.6 Å². The predicted octanol–water partition coefficient (Wildman–Crippen LogP) is 4.41. The quantitative estimate of drug-likeness (QED) is 0.339. The maximum atomic E-state index is 14.3. The van der Waals surface area contributed by atoms with Crippen LogP contribution in [0.2, 0.25) is 5.02 Å². The third kappa shape index (κ3) is 5.41. The van der Waals surface area contributed by atoms with E-state index in [9.17, 15) is 18.4 Å². The molecule has 0 spiro atoms. The Hall–Kier alpha value is -4.15. The van der Waals surface area contributed by atoms with Gasteiger partial charge in [-0.15, -0.1) is 0 Å². The van der Waals surface area contributed by atoms with Gasteiger partial charge < -0.3 is 16.0 Å². The van der Waals surface area contributed by atoms with Crippen LogP contribution in [-0.4, -0.2) is 51.9 Å². The molecule has 2 unspecified atom stereocenters. The van der Waals surface area contributed by atoms with Gasteiger partial charge in [-0.25, -0.2) is 13.5 Å². The first-order valence-electron chi connectivity index (χ1n) is 11.9. The van der Waals surface area contributed by atoms with Gasteiger partial charge in [-0.2, -0.15) is 5.10 Å². The summed E-state index contributed by atoms with van der Waals surface area (Å²) in [6, 6.07) is 16.9. The summed E-state index contributed by atoms with van der Waals surface area (Å²) in [5, 5.41) is 12.9. The van der Waals surface area contributed by atoms with Crippen LogP contribution in [0.1, 0.15) is 27.3 Å². The number of para-hydroxylation sites is 1. The molecule has 2 atom stereocenters. The highest BCUT2D eigenvalue weighted by Crippen LogP contribution is 2.27. The van der Waals surface area contributed by atoms with Crippen LogP contribution in [0.25, 0.3) is 16.9 Å². The molecule has 0 saturated carbocycles. The minimum absolute atomic E-state index is 0.00490. The number of carbonyl (C=O) groups excluding carboxylic acids is 2. The molecule has 2 amide bonds. The van der Waals surface area contributed by atoms with Crippen LogP contribution in [0.15, 0.2) is 72.9 Å². The summed E-state index contributed by atoms with van der Waals surface area (Å²) in [5.41, 5.74) is 1.12. The predicted molar refractivity (Wildman–Crippen MR) is 140 cm³/mol. The number of anilines is 1. The first-order chi connectivity index (χ1) is 18.4. The average molecular weight is 537 g/mol. The molecule has 4 aromatic rings. The first kappa shape index (κ1) is 25.5. The fourth-order valence-corrected chi connectivity index (χ4v) is 4.40. The van der Waals surface area contributed by atoms with Gasteiger partial charge in [0.15, 0.2) is 5.69 Å². The highest BCUT2D eigenvalue weighted by atomic mass is 35.5. The number of nitrogens with one attached hydrogen (secondary N) is 3.